The van der Waals surface area contributed by atoms with Crippen LogP contribution in [0.25, 0.3) is 0 Å². The zero-order valence-electron chi connectivity index (χ0n) is 11.6. The van der Waals surface area contributed by atoms with Gasteiger partial charge in [0.25, 0.3) is 0 Å². The van der Waals surface area contributed by atoms with Crippen LogP contribution in [0.5, 0.6) is 0 Å². The first kappa shape index (κ1) is 15.0. The van der Waals surface area contributed by atoms with E-state index in [1.54, 1.807) is 11.8 Å². The molecule has 0 spiro atoms. The number of ether oxygens (including phenoxy) is 1. The Hall–Kier alpha value is -1.10. The lowest BCUT2D eigenvalue weighted by atomic mass is 10.0. The van der Waals surface area contributed by atoms with E-state index < -0.39 is 0 Å². The zero-order chi connectivity index (χ0) is 13.5. The van der Waals surface area contributed by atoms with Crippen molar-refractivity contribution in [1.29, 1.82) is 0 Å². The van der Waals surface area contributed by atoms with E-state index in [9.17, 15) is 9.59 Å². The number of amides is 1. The van der Waals surface area contributed by atoms with Crippen LogP contribution >= 0.6 is 0 Å². The van der Waals surface area contributed by atoms with Crippen molar-refractivity contribution < 1.29 is 14.3 Å². The second-order valence-corrected chi connectivity index (χ2v) is 4.84. The standard InChI is InChI=1S/C13H24N2O3/c1-4-18-13(17)6-5-12(16)15(3)11-7-9-14(2)10-8-11/h11H,4-10H2,1-3H3. The van der Waals surface area contributed by atoms with Gasteiger partial charge in [-0.05, 0) is 39.9 Å². The molecule has 1 fully saturated rings. The third kappa shape index (κ3) is 4.64. The van der Waals surface area contributed by atoms with Crippen LogP contribution in [0.3, 0.4) is 0 Å². The molecule has 0 N–H and O–H groups in total. The van der Waals surface area contributed by atoms with Gasteiger partial charge in [-0.25, -0.2) is 0 Å². The summed E-state index contributed by atoms with van der Waals surface area (Å²) >= 11 is 0. The molecule has 0 saturated carbocycles. The van der Waals surface area contributed by atoms with Gasteiger partial charge in [0.1, 0.15) is 0 Å². The van der Waals surface area contributed by atoms with Crippen molar-refractivity contribution in [2.24, 2.45) is 0 Å². The number of rotatable bonds is 5. The monoisotopic (exact) mass is 256 g/mol. The van der Waals surface area contributed by atoms with E-state index in [-0.39, 0.29) is 24.7 Å². The van der Waals surface area contributed by atoms with E-state index in [0.29, 0.717) is 12.6 Å². The molecule has 5 nitrogen and oxygen atoms in total. The fraction of sp³-hybridized carbons (Fsp3) is 0.846. The first-order valence-electron chi connectivity index (χ1n) is 6.64. The average molecular weight is 256 g/mol. The molecule has 18 heavy (non-hydrogen) atoms. The Kier molecular flexibility index (Phi) is 6.12. The molecule has 0 aliphatic carbocycles. The maximum atomic E-state index is 11.9. The Labute approximate surface area is 109 Å². The number of carbonyl (C=O) groups excluding carboxylic acids is 2. The van der Waals surface area contributed by atoms with Crippen LogP contribution in [0, 0.1) is 0 Å². The highest BCUT2D eigenvalue weighted by Gasteiger charge is 2.24. The summed E-state index contributed by atoms with van der Waals surface area (Å²) in [4.78, 5) is 27.2. The lowest BCUT2D eigenvalue weighted by molar-refractivity contribution is -0.146. The molecule has 1 amide bonds. The minimum Gasteiger partial charge on any atom is -0.466 e. The predicted molar refractivity (Wildman–Crippen MR) is 69.2 cm³/mol. The van der Waals surface area contributed by atoms with Gasteiger partial charge in [0.05, 0.1) is 13.0 Å². The lowest BCUT2D eigenvalue weighted by Gasteiger charge is -2.35. The largest absolute Gasteiger partial charge is 0.466 e. The van der Waals surface area contributed by atoms with E-state index in [2.05, 4.69) is 11.9 Å². The third-order valence-electron chi connectivity index (χ3n) is 3.48. The first-order chi connectivity index (χ1) is 8.54. The molecule has 1 aliphatic rings. The Morgan fingerprint density at radius 1 is 1.28 bits per heavy atom. The van der Waals surface area contributed by atoms with E-state index >= 15 is 0 Å². The molecule has 1 aliphatic heterocycles. The quantitative estimate of drug-likeness (QED) is 0.685. The topological polar surface area (TPSA) is 49.9 Å². The molecule has 1 heterocycles. The smallest absolute Gasteiger partial charge is 0.306 e. The number of likely N-dealkylation sites (tertiary alicyclic amines) is 1. The minimum absolute atomic E-state index is 0.0395. The summed E-state index contributed by atoms with van der Waals surface area (Å²) in [6, 6.07) is 0.316. The molecular weight excluding hydrogens is 232 g/mol. The summed E-state index contributed by atoms with van der Waals surface area (Å²) in [6.45, 7) is 4.20. The molecule has 1 rings (SSSR count). The van der Waals surface area contributed by atoms with E-state index in [4.69, 9.17) is 4.74 Å². The molecule has 104 valence electrons. The van der Waals surface area contributed by atoms with Gasteiger partial charge in [0.15, 0.2) is 0 Å². The van der Waals surface area contributed by atoms with Crippen LogP contribution in [0.15, 0.2) is 0 Å². The SMILES string of the molecule is CCOC(=O)CCC(=O)N(C)C1CCN(C)CC1. The Bertz CT molecular complexity index is 286. The second kappa shape index (κ2) is 7.36. The maximum Gasteiger partial charge on any atom is 0.306 e. The van der Waals surface area contributed by atoms with Crippen LogP contribution in [0.2, 0.25) is 0 Å². The van der Waals surface area contributed by atoms with Crippen molar-refractivity contribution in [2.75, 3.05) is 33.8 Å². The number of hydrogen-bond acceptors (Lipinski definition) is 4. The van der Waals surface area contributed by atoms with E-state index in [0.717, 1.165) is 25.9 Å². The molecular formula is C13H24N2O3. The summed E-state index contributed by atoms with van der Waals surface area (Å²) in [5.74, 6) is -0.250. The molecule has 1 saturated heterocycles. The first-order valence-corrected chi connectivity index (χ1v) is 6.64. The molecule has 5 heteroatoms. The highest BCUT2D eigenvalue weighted by atomic mass is 16.5. The number of nitrogens with zero attached hydrogens (tertiary/aromatic N) is 2. The van der Waals surface area contributed by atoms with E-state index in [1.807, 2.05) is 7.05 Å². The molecule has 0 unspecified atom stereocenters. The molecule has 0 atom stereocenters. The van der Waals surface area contributed by atoms with Gasteiger partial charge in [-0.2, -0.15) is 0 Å². The fourth-order valence-corrected chi connectivity index (χ4v) is 2.20. The van der Waals surface area contributed by atoms with Crippen LogP contribution < -0.4 is 0 Å². The summed E-state index contributed by atoms with van der Waals surface area (Å²) in [6.07, 6.45) is 2.46. The molecule has 0 radical (unpaired) electrons. The van der Waals surface area contributed by atoms with Crippen molar-refractivity contribution in [2.45, 2.75) is 38.6 Å². The third-order valence-corrected chi connectivity index (χ3v) is 3.48. The van der Waals surface area contributed by atoms with Gasteiger partial charge < -0.3 is 14.5 Å². The molecule has 0 bridgehead atoms. The van der Waals surface area contributed by atoms with Crippen LogP contribution in [-0.4, -0.2) is 61.5 Å². The number of piperidine rings is 1. The van der Waals surface area contributed by atoms with Gasteiger partial charge in [0.2, 0.25) is 5.91 Å². The van der Waals surface area contributed by atoms with Gasteiger partial charge in [0, 0.05) is 19.5 Å². The fourth-order valence-electron chi connectivity index (χ4n) is 2.20. The van der Waals surface area contributed by atoms with Crippen molar-refractivity contribution >= 4 is 11.9 Å². The Morgan fingerprint density at radius 3 is 2.44 bits per heavy atom. The molecule has 0 aromatic rings. The Morgan fingerprint density at radius 2 is 1.89 bits per heavy atom. The molecule has 0 aromatic carbocycles. The molecule has 0 aromatic heterocycles. The van der Waals surface area contributed by atoms with Crippen molar-refractivity contribution in [3.63, 3.8) is 0 Å². The van der Waals surface area contributed by atoms with Gasteiger partial charge in [-0.1, -0.05) is 0 Å². The lowest BCUT2D eigenvalue weighted by Crippen LogP contribution is -2.44. The maximum absolute atomic E-state index is 11.9. The summed E-state index contributed by atoms with van der Waals surface area (Å²) < 4.78 is 4.82. The summed E-state index contributed by atoms with van der Waals surface area (Å²) in [5.41, 5.74) is 0. The highest BCUT2D eigenvalue weighted by molar-refractivity contribution is 5.81. The zero-order valence-corrected chi connectivity index (χ0v) is 11.6. The number of hydrogen-bond donors (Lipinski definition) is 0. The van der Waals surface area contributed by atoms with Crippen LogP contribution in [0.1, 0.15) is 32.6 Å². The predicted octanol–water partition coefficient (Wildman–Crippen LogP) is 0.882. The Balaban J connectivity index is 2.30. The minimum atomic E-state index is -0.289. The van der Waals surface area contributed by atoms with Crippen LogP contribution in [-0.2, 0) is 14.3 Å². The van der Waals surface area contributed by atoms with E-state index in [1.165, 1.54) is 0 Å². The summed E-state index contributed by atoms with van der Waals surface area (Å²) in [7, 11) is 3.93. The highest BCUT2D eigenvalue weighted by Crippen LogP contribution is 2.15. The number of carbonyl (C=O) groups is 2. The normalized spacial score (nSPS) is 17.5. The number of esters is 1. The second-order valence-electron chi connectivity index (χ2n) is 4.84. The van der Waals surface area contributed by atoms with Crippen molar-refractivity contribution in [3.8, 4) is 0 Å². The van der Waals surface area contributed by atoms with Crippen LogP contribution in [0.4, 0.5) is 0 Å². The van der Waals surface area contributed by atoms with Gasteiger partial charge >= 0.3 is 5.97 Å². The van der Waals surface area contributed by atoms with Crippen molar-refractivity contribution in [1.82, 2.24) is 9.80 Å². The van der Waals surface area contributed by atoms with Crippen molar-refractivity contribution in [3.05, 3.63) is 0 Å². The summed E-state index contributed by atoms with van der Waals surface area (Å²) in [5, 5.41) is 0. The average Bonchev–Trinajstić information content (AvgIpc) is 2.36. The van der Waals surface area contributed by atoms with Gasteiger partial charge in [-0.3, -0.25) is 9.59 Å². The van der Waals surface area contributed by atoms with Gasteiger partial charge in [-0.15, -0.1) is 0 Å².